The predicted molar refractivity (Wildman–Crippen MR) is 98.1 cm³/mol. The number of rotatable bonds is 5. The fourth-order valence-electron chi connectivity index (χ4n) is 3.55. The van der Waals surface area contributed by atoms with Gasteiger partial charge in [-0.15, -0.1) is 0 Å². The van der Waals surface area contributed by atoms with Crippen LogP contribution in [0.15, 0.2) is 4.99 Å². The average molecular weight is 313 g/mol. The number of thioether (sulfide) groups is 1. The van der Waals surface area contributed by atoms with Crippen molar-refractivity contribution in [2.24, 2.45) is 34.6 Å². The van der Waals surface area contributed by atoms with Crippen LogP contribution in [0.1, 0.15) is 60.8 Å². The van der Waals surface area contributed by atoms with Crippen LogP contribution in [0.25, 0.3) is 0 Å². The van der Waals surface area contributed by atoms with Crippen molar-refractivity contribution in [2.75, 3.05) is 12.8 Å². The van der Waals surface area contributed by atoms with Crippen molar-refractivity contribution in [3.63, 3.8) is 0 Å². The van der Waals surface area contributed by atoms with E-state index in [0.29, 0.717) is 12.0 Å². The largest absolute Gasteiger partial charge is 0.362 e. The molecule has 0 saturated heterocycles. The van der Waals surface area contributed by atoms with Gasteiger partial charge in [0.25, 0.3) is 0 Å². The van der Waals surface area contributed by atoms with Gasteiger partial charge in [-0.05, 0) is 48.7 Å². The molecular weight excluding hydrogens is 276 g/mol. The minimum Gasteiger partial charge on any atom is -0.362 e. The smallest absolute Gasteiger partial charge is 0.156 e. The normalized spacial score (nSPS) is 27.7. The minimum absolute atomic E-state index is 0.595. The van der Waals surface area contributed by atoms with Crippen LogP contribution in [0.3, 0.4) is 0 Å². The molecule has 0 bridgehead atoms. The standard InChI is InChI=1S/C18H36N2S/c1-12(2)11-19-18(21-7)20-17-15(13(3)4)9-8-10-16(17)14(5)6/h12-17H,8-11H2,1-7H3,(H,19,20). The zero-order valence-electron chi connectivity index (χ0n) is 15.1. The molecule has 1 aliphatic carbocycles. The van der Waals surface area contributed by atoms with Crippen molar-refractivity contribution in [2.45, 2.75) is 66.8 Å². The molecule has 1 aliphatic rings. The summed E-state index contributed by atoms with van der Waals surface area (Å²) in [5.74, 6) is 3.68. The van der Waals surface area contributed by atoms with Crippen LogP contribution in [-0.4, -0.2) is 24.0 Å². The molecule has 2 unspecified atom stereocenters. The quantitative estimate of drug-likeness (QED) is 0.567. The Morgan fingerprint density at radius 1 is 1.05 bits per heavy atom. The van der Waals surface area contributed by atoms with Gasteiger partial charge in [0, 0.05) is 12.6 Å². The van der Waals surface area contributed by atoms with E-state index in [4.69, 9.17) is 4.99 Å². The van der Waals surface area contributed by atoms with Crippen LogP contribution in [0.4, 0.5) is 0 Å². The van der Waals surface area contributed by atoms with E-state index in [2.05, 4.69) is 53.1 Å². The van der Waals surface area contributed by atoms with Crippen LogP contribution in [0, 0.1) is 29.6 Å². The van der Waals surface area contributed by atoms with Gasteiger partial charge in [-0.1, -0.05) is 59.7 Å². The maximum atomic E-state index is 4.79. The first-order valence-electron chi connectivity index (χ1n) is 8.71. The second-order valence-corrected chi connectivity index (χ2v) is 8.46. The van der Waals surface area contributed by atoms with E-state index in [1.54, 1.807) is 11.8 Å². The minimum atomic E-state index is 0.595. The number of hydrogen-bond acceptors (Lipinski definition) is 2. The number of nitrogens with zero attached hydrogens (tertiary/aromatic N) is 1. The fraction of sp³-hybridized carbons (Fsp3) is 0.944. The maximum Gasteiger partial charge on any atom is 0.156 e. The van der Waals surface area contributed by atoms with Gasteiger partial charge in [0.2, 0.25) is 0 Å². The summed E-state index contributed by atoms with van der Waals surface area (Å²) in [5, 5.41) is 4.98. The highest BCUT2D eigenvalue weighted by molar-refractivity contribution is 8.13. The lowest BCUT2D eigenvalue weighted by atomic mass is 9.68. The molecule has 1 fully saturated rings. The number of amidine groups is 1. The third-order valence-electron chi connectivity index (χ3n) is 4.79. The van der Waals surface area contributed by atoms with Gasteiger partial charge < -0.3 is 5.32 Å². The van der Waals surface area contributed by atoms with Crippen LogP contribution >= 0.6 is 11.8 Å². The Kier molecular flexibility index (Phi) is 8.15. The Hall–Kier alpha value is -0.180. The van der Waals surface area contributed by atoms with Gasteiger partial charge in [0.1, 0.15) is 0 Å². The van der Waals surface area contributed by atoms with E-state index in [9.17, 15) is 0 Å². The summed E-state index contributed by atoms with van der Waals surface area (Å²) >= 11 is 1.77. The third-order valence-corrected chi connectivity index (χ3v) is 5.43. The fourth-order valence-corrected chi connectivity index (χ4v) is 4.01. The Balaban J connectivity index is 2.86. The molecule has 1 N–H and O–H groups in total. The lowest BCUT2D eigenvalue weighted by Crippen LogP contribution is -2.50. The molecule has 0 aromatic rings. The molecule has 2 nitrogen and oxygen atoms in total. The van der Waals surface area contributed by atoms with Crippen LogP contribution in [0.5, 0.6) is 0 Å². The summed E-state index contributed by atoms with van der Waals surface area (Å²) in [7, 11) is 0. The van der Waals surface area contributed by atoms with Crippen molar-refractivity contribution >= 4 is 16.9 Å². The highest BCUT2D eigenvalue weighted by Gasteiger charge is 2.36. The highest BCUT2D eigenvalue weighted by atomic mass is 32.2. The van der Waals surface area contributed by atoms with Crippen LogP contribution in [-0.2, 0) is 0 Å². The molecule has 0 amide bonds. The lowest BCUT2D eigenvalue weighted by molar-refractivity contribution is 0.128. The van der Waals surface area contributed by atoms with Crippen molar-refractivity contribution in [1.29, 1.82) is 0 Å². The molecule has 1 rings (SSSR count). The molecule has 0 radical (unpaired) electrons. The zero-order chi connectivity index (χ0) is 16.0. The van der Waals surface area contributed by atoms with E-state index >= 15 is 0 Å². The van der Waals surface area contributed by atoms with Crippen molar-refractivity contribution in [3.8, 4) is 0 Å². The molecule has 124 valence electrons. The number of aliphatic imine (C=N–C) groups is 1. The Labute approximate surface area is 137 Å². The summed E-state index contributed by atoms with van der Waals surface area (Å²) in [6, 6.07) is 0.595. The monoisotopic (exact) mass is 312 g/mol. The molecule has 2 atom stereocenters. The summed E-state index contributed by atoms with van der Waals surface area (Å²) in [6.07, 6.45) is 6.26. The molecule has 21 heavy (non-hydrogen) atoms. The van der Waals surface area contributed by atoms with E-state index in [1.807, 2.05) is 0 Å². The molecule has 0 heterocycles. The van der Waals surface area contributed by atoms with Crippen molar-refractivity contribution in [1.82, 2.24) is 5.32 Å². The lowest BCUT2D eigenvalue weighted by Gasteiger charge is -2.43. The summed E-state index contributed by atoms with van der Waals surface area (Å²) in [4.78, 5) is 4.79. The third kappa shape index (κ3) is 5.84. The molecular formula is C18H36N2S. The van der Waals surface area contributed by atoms with Crippen LogP contribution in [0.2, 0.25) is 0 Å². The second kappa shape index (κ2) is 9.07. The first-order valence-corrected chi connectivity index (χ1v) is 9.94. The van der Waals surface area contributed by atoms with Gasteiger partial charge in [0.15, 0.2) is 5.17 Å². The molecule has 0 spiro atoms. The summed E-state index contributed by atoms with van der Waals surface area (Å²) < 4.78 is 0. The molecule has 3 heteroatoms. The molecule has 0 aromatic heterocycles. The summed E-state index contributed by atoms with van der Waals surface area (Å²) in [6.45, 7) is 14.9. The van der Waals surface area contributed by atoms with Gasteiger partial charge in [-0.2, -0.15) is 0 Å². The van der Waals surface area contributed by atoms with Gasteiger partial charge in [-0.25, -0.2) is 0 Å². The van der Waals surface area contributed by atoms with Gasteiger partial charge in [-0.3, -0.25) is 4.99 Å². The SMILES string of the molecule is CSC(=NCC(C)C)NC1C(C(C)C)CCCC1C(C)C. The second-order valence-electron chi connectivity index (χ2n) is 7.66. The Morgan fingerprint density at radius 3 is 1.95 bits per heavy atom. The molecule has 0 aliphatic heterocycles. The van der Waals surface area contributed by atoms with Crippen molar-refractivity contribution in [3.05, 3.63) is 0 Å². The zero-order valence-corrected chi connectivity index (χ0v) is 16.0. The van der Waals surface area contributed by atoms with E-state index < -0.39 is 0 Å². The first-order chi connectivity index (χ1) is 9.86. The topological polar surface area (TPSA) is 24.4 Å². The van der Waals surface area contributed by atoms with Crippen molar-refractivity contribution < 1.29 is 0 Å². The van der Waals surface area contributed by atoms with Gasteiger partial charge >= 0.3 is 0 Å². The Morgan fingerprint density at radius 2 is 1.57 bits per heavy atom. The Bertz CT molecular complexity index is 307. The summed E-state index contributed by atoms with van der Waals surface area (Å²) in [5.41, 5.74) is 0. The van der Waals surface area contributed by atoms with E-state index in [1.165, 1.54) is 19.3 Å². The van der Waals surface area contributed by atoms with E-state index in [0.717, 1.165) is 35.4 Å². The maximum absolute atomic E-state index is 4.79. The molecule has 1 saturated carbocycles. The number of nitrogens with one attached hydrogen (secondary N) is 1. The van der Waals surface area contributed by atoms with Gasteiger partial charge in [0.05, 0.1) is 0 Å². The van der Waals surface area contributed by atoms with Crippen LogP contribution < -0.4 is 5.32 Å². The number of hydrogen-bond donors (Lipinski definition) is 1. The first kappa shape index (κ1) is 18.9. The predicted octanol–water partition coefficient (Wildman–Crippen LogP) is 5.05. The molecule has 0 aromatic carbocycles. The highest BCUT2D eigenvalue weighted by Crippen LogP contribution is 2.37. The average Bonchev–Trinajstić information content (AvgIpc) is 2.42. The van der Waals surface area contributed by atoms with E-state index in [-0.39, 0.29) is 0 Å².